The van der Waals surface area contributed by atoms with E-state index in [1.165, 1.54) is 16.2 Å². The number of imidazole rings is 1. The Balaban J connectivity index is 1.40. The van der Waals surface area contributed by atoms with Crippen LogP contribution in [0.15, 0.2) is 28.2 Å². The molecule has 4 atom stereocenters. The van der Waals surface area contributed by atoms with Crippen LogP contribution in [0.2, 0.25) is 0 Å². The number of rotatable bonds is 8. The topological polar surface area (TPSA) is 113 Å². The lowest BCUT2D eigenvalue weighted by Crippen LogP contribution is -2.64. The van der Waals surface area contributed by atoms with E-state index >= 15 is 0 Å². The normalized spacial score (nSPS) is 24.9. The zero-order chi connectivity index (χ0) is 24.1. The summed E-state index contributed by atoms with van der Waals surface area (Å²) in [5, 5.41) is 27.6. The fourth-order valence-electron chi connectivity index (χ4n) is 5.18. The third-order valence-electron chi connectivity index (χ3n) is 6.65. The smallest absolute Gasteiger partial charge is 0.250 e. The molecule has 34 heavy (non-hydrogen) atoms. The molecular weight excluding hydrogens is 494 g/mol. The molecule has 2 aromatic rings. The van der Waals surface area contributed by atoms with Crippen molar-refractivity contribution in [1.82, 2.24) is 14.6 Å². The second-order valence-corrected chi connectivity index (χ2v) is 11.7. The summed E-state index contributed by atoms with van der Waals surface area (Å²) in [7, 11) is 0. The molecule has 0 aromatic carbocycles. The second-order valence-electron chi connectivity index (χ2n) is 8.75. The summed E-state index contributed by atoms with van der Waals surface area (Å²) in [6.07, 6.45) is 6.22. The van der Waals surface area contributed by atoms with Gasteiger partial charge in [-0.25, -0.2) is 4.57 Å². The Morgan fingerprint density at radius 1 is 1.50 bits per heavy atom. The molecule has 9 nitrogen and oxygen atoms in total. The van der Waals surface area contributed by atoms with Gasteiger partial charge < -0.3 is 25.2 Å². The van der Waals surface area contributed by atoms with Crippen LogP contribution in [0.25, 0.3) is 10.4 Å². The van der Waals surface area contributed by atoms with Crippen molar-refractivity contribution in [3.05, 3.63) is 23.1 Å². The number of aliphatic carboxylic acids is 1. The highest BCUT2D eigenvalue weighted by atomic mass is 32.2. The number of aromatic nitrogens is 2. The zero-order valence-electron chi connectivity index (χ0n) is 19.2. The van der Waals surface area contributed by atoms with Crippen molar-refractivity contribution < 1.29 is 24.4 Å². The number of aryl methyl sites for hydroxylation is 1. The molecule has 0 aliphatic carbocycles. The fourth-order valence-corrected chi connectivity index (χ4v) is 8.24. The van der Waals surface area contributed by atoms with Crippen LogP contribution in [0.3, 0.4) is 0 Å². The number of thiazole rings is 1. The highest BCUT2D eigenvalue weighted by Crippen LogP contribution is 2.51. The maximum atomic E-state index is 12.6. The molecule has 12 heteroatoms. The molecule has 0 unspecified atom stereocenters. The van der Waals surface area contributed by atoms with Gasteiger partial charge in [0.2, 0.25) is 15.8 Å². The van der Waals surface area contributed by atoms with Crippen LogP contribution in [0.5, 0.6) is 0 Å². The minimum Gasteiger partial charge on any atom is -0.543 e. The van der Waals surface area contributed by atoms with Crippen LogP contribution in [0, 0.1) is 11.8 Å². The Morgan fingerprint density at radius 2 is 2.29 bits per heavy atom. The van der Waals surface area contributed by atoms with Gasteiger partial charge in [-0.2, -0.15) is 4.40 Å². The van der Waals surface area contributed by atoms with E-state index in [1.54, 1.807) is 30.4 Å². The Hall–Kier alpha value is -2.02. The number of carbonyl (C=O) groups is 2. The van der Waals surface area contributed by atoms with Crippen molar-refractivity contribution in [2.75, 3.05) is 25.1 Å². The molecule has 5 rings (SSSR count). The quantitative estimate of drug-likeness (QED) is 0.224. The monoisotopic (exact) mass is 521 g/mol. The van der Waals surface area contributed by atoms with E-state index in [1.807, 2.05) is 23.8 Å². The summed E-state index contributed by atoms with van der Waals surface area (Å²) in [4.78, 5) is 32.3. The van der Waals surface area contributed by atoms with E-state index in [4.69, 9.17) is 0 Å². The largest absolute Gasteiger partial charge is 0.543 e. The van der Waals surface area contributed by atoms with Gasteiger partial charge in [0.1, 0.15) is 6.20 Å². The lowest BCUT2D eigenvalue weighted by atomic mass is 9.77. The van der Waals surface area contributed by atoms with E-state index in [0.29, 0.717) is 5.57 Å². The van der Waals surface area contributed by atoms with E-state index in [0.717, 1.165) is 51.7 Å². The number of amides is 1. The number of nitrogens with zero attached hydrogens (tertiary/aromatic N) is 4. The van der Waals surface area contributed by atoms with Crippen molar-refractivity contribution >= 4 is 62.3 Å². The molecule has 0 saturated carbocycles. The van der Waals surface area contributed by atoms with Crippen LogP contribution in [-0.2, 0) is 16.1 Å². The number of hydrogen-bond acceptors (Lipinski definition) is 9. The number of aliphatic hydroxyl groups is 1. The summed E-state index contributed by atoms with van der Waals surface area (Å²) < 4.78 is 4.27. The van der Waals surface area contributed by atoms with Gasteiger partial charge in [-0.05, 0) is 19.6 Å². The molecule has 3 aliphatic rings. The maximum absolute atomic E-state index is 12.6. The van der Waals surface area contributed by atoms with Crippen LogP contribution >= 0.6 is 34.9 Å². The first-order chi connectivity index (χ1) is 16.3. The standard InChI is InChI=1S/C22H27N5O4S3/c1-11-14(17(21(30)31)27-16(11)15(12(2)28)18(27)29)13-9-26-10-25(19(32-3)20(26)34-13)7-4-8-33-22-23-5-6-24-22/h9-12,15-16,28H,4-8H2,1-3H3,(H-,23,24,30,31)/t11-,12+,15+,16+/m0/s1. The number of nitrogens with one attached hydrogen (secondary N) is 1. The first-order valence-electron chi connectivity index (χ1n) is 11.3. The van der Waals surface area contributed by atoms with Crippen molar-refractivity contribution in [3.63, 3.8) is 0 Å². The third-order valence-corrected chi connectivity index (χ3v) is 9.78. The molecule has 182 valence electrons. The molecule has 0 bridgehead atoms. The lowest BCUT2D eigenvalue weighted by molar-refractivity contribution is -0.729. The first kappa shape index (κ1) is 23.7. The summed E-state index contributed by atoms with van der Waals surface area (Å²) in [5.74, 6) is -1.50. The highest BCUT2D eigenvalue weighted by molar-refractivity contribution is 8.13. The van der Waals surface area contributed by atoms with Crippen molar-refractivity contribution in [1.29, 1.82) is 0 Å². The summed E-state index contributed by atoms with van der Waals surface area (Å²) in [6.45, 7) is 6.17. The first-order valence-corrected chi connectivity index (χ1v) is 14.3. The molecule has 0 spiro atoms. The average Bonchev–Trinajstić information content (AvgIpc) is 3.53. The molecule has 1 saturated heterocycles. The number of thioether (sulfide) groups is 2. The predicted molar refractivity (Wildman–Crippen MR) is 132 cm³/mol. The second kappa shape index (κ2) is 9.21. The van der Waals surface area contributed by atoms with Crippen LogP contribution in [-0.4, -0.2) is 68.7 Å². The van der Waals surface area contributed by atoms with E-state index in [2.05, 4.69) is 21.2 Å². The predicted octanol–water partition coefficient (Wildman–Crippen LogP) is 0.411. The zero-order valence-corrected chi connectivity index (χ0v) is 21.6. The number of carbonyl (C=O) groups excluding carboxylic acids is 2. The lowest BCUT2D eigenvalue weighted by Gasteiger charge is -2.47. The minimum absolute atomic E-state index is 0.0528. The van der Waals surface area contributed by atoms with E-state index in [-0.39, 0.29) is 23.6 Å². The number of amidine groups is 1. The molecule has 2 N–H and O–H groups in total. The molecular formula is C22H27N5O4S3. The van der Waals surface area contributed by atoms with Gasteiger partial charge >= 0.3 is 0 Å². The Labute approximate surface area is 209 Å². The van der Waals surface area contributed by atoms with E-state index < -0.39 is 18.0 Å². The number of carboxylic acid groups (broad SMARTS) is 1. The van der Waals surface area contributed by atoms with Crippen LogP contribution < -0.4 is 15.0 Å². The van der Waals surface area contributed by atoms with Crippen LogP contribution in [0.1, 0.15) is 25.1 Å². The number of β-lactam (4-membered cyclic amide) rings is 1. The Kier molecular flexibility index (Phi) is 6.42. The minimum atomic E-state index is -1.35. The van der Waals surface area contributed by atoms with Crippen molar-refractivity contribution in [2.45, 2.75) is 44.0 Å². The molecule has 5 heterocycles. The van der Waals surface area contributed by atoms with Gasteiger partial charge in [0.25, 0.3) is 6.33 Å². The average molecular weight is 522 g/mol. The van der Waals surface area contributed by atoms with Gasteiger partial charge in [-0.3, -0.25) is 9.79 Å². The number of carboxylic acids is 1. The summed E-state index contributed by atoms with van der Waals surface area (Å²) in [6, 6.07) is -0.349. The van der Waals surface area contributed by atoms with Crippen LogP contribution in [0.4, 0.5) is 0 Å². The fraction of sp³-hybridized carbons (Fsp3) is 0.545. The Morgan fingerprint density at radius 3 is 2.94 bits per heavy atom. The molecule has 1 amide bonds. The number of fused-ring (bicyclic) bond motifs is 2. The summed E-state index contributed by atoms with van der Waals surface area (Å²) >= 11 is 4.95. The SMILES string of the molecule is CSc1c2sc(C3=C(C(=O)[O-])N4C(=O)[C@H]([C@@H](C)O)[C@H]4[C@H]3C)cn2c[n+]1CCCSC1=NCCN1. The van der Waals surface area contributed by atoms with Gasteiger partial charge in [-0.1, -0.05) is 41.8 Å². The number of aliphatic hydroxyl groups excluding tert-OH is 1. The third kappa shape index (κ3) is 3.75. The number of hydrogen-bond donors (Lipinski definition) is 2. The Bertz CT molecular complexity index is 1220. The summed E-state index contributed by atoms with van der Waals surface area (Å²) in [5.41, 5.74) is 0.568. The van der Waals surface area contributed by atoms with Crippen molar-refractivity contribution in [2.24, 2.45) is 16.8 Å². The molecule has 2 aromatic heterocycles. The van der Waals surface area contributed by atoms with Gasteiger partial charge in [0, 0.05) is 23.8 Å². The molecule has 3 aliphatic heterocycles. The molecule has 1 fully saturated rings. The van der Waals surface area contributed by atoms with Crippen molar-refractivity contribution in [3.8, 4) is 0 Å². The van der Waals surface area contributed by atoms with Gasteiger partial charge in [0.15, 0.2) is 5.17 Å². The van der Waals surface area contributed by atoms with Gasteiger partial charge in [-0.15, -0.1) is 0 Å². The molecule has 0 radical (unpaired) electrons. The van der Waals surface area contributed by atoms with Gasteiger partial charge in [0.05, 0.1) is 47.7 Å². The maximum Gasteiger partial charge on any atom is 0.250 e. The highest BCUT2D eigenvalue weighted by Gasteiger charge is 2.59. The number of aliphatic imine (C=N–C) groups is 1. The van der Waals surface area contributed by atoms with E-state index in [9.17, 15) is 19.8 Å².